The van der Waals surface area contributed by atoms with E-state index < -0.39 is 0 Å². The molecular weight excluding hydrogens is 251 g/mol. The molecule has 0 atom stereocenters. The number of hydrogen-bond donors (Lipinski definition) is 2. The zero-order valence-corrected chi connectivity index (χ0v) is 8.44. The van der Waals surface area contributed by atoms with Crippen molar-refractivity contribution in [3.63, 3.8) is 0 Å². The van der Waals surface area contributed by atoms with Gasteiger partial charge in [-0.1, -0.05) is 0 Å². The maximum Gasteiger partial charge on any atom is 0.0495 e. The maximum atomic E-state index is 7.09. The second-order valence-corrected chi connectivity index (χ2v) is 4.66. The summed E-state index contributed by atoms with van der Waals surface area (Å²) in [6.45, 7) is 1.14. The van der Waals surface area contributed by atoms with Crippen LogP contribution in [0.4, 0.5) is 0 Å². The summed E-state index contributed by atoms with van der Waals surface area (Å²) in [4.78, 5) is 0. The molecule has 1 saturated heterocycles. The maximum absolute atomic E-state index is 7.09. The summed E-state index contributed by atoms with van der Waals surface area (Å²) in [7, 11) is 0. The van der Waals surface area contributed by atoms with Crippen molar-refractivity contribution >= 4 is 28.8 Å². The van der Waals surface area contributed by atoms with Gasteiger partial charge in [-0.25, -0.2) is 0 Å². The second-order valence-electron chi connectivity index (χ2n) is 3.50. The first-order chi connectivity index (χ1) is 5.26. The summed E-state index contributed by atoms with van der Waals surface area (Å²) in [5.74, 6) is 0. The molecule has 1 spiro atoms. The standard InChI is InChI=1S/C8H11IN2/c9-6(4-10)7-3-8(1-2-8)5-11-7/h4,10-11H,1-3,5H2/b7-6+,10-4?. The predicted octanol–water partition coefficient (Wildman–Crippen LogP) is 2.06. The highest BCUT2D eigenvalue weighted by atomic mass is 127. The first-order valence-electron chi connectivity index (χ1n) is 3.89. The van der Waals surface area contributed by atoms with Crippen LogP contribution >= 0.6 is 22.6 Å². The van der Waals surface area contributed by atoms with E-state index in [0.717, 1.165) is 10.1 Å². The zero-order valence-electron chi connectivity index (χ0n) is 6.28. The molecule has 0 amide bonds. The van der Waals surface area contributed by atoms with Gasteiger partial charge in [-0.2, -0.15) is 0 Å². The van der Waals surface area contributed by atoms with Crippen molar-refractivity contribution in [2.24, 2.45) is 5.41 Å². The molecule has 60 valence electrons. The molecule has 1 saturated carbocycles. The number of halogens is 1. The quantitative estimate of drug-likeness (QED) is 0.550. The average molecular weight is 262 g/mol. The Morgan fingerprint density at radius 3 is 2.82 bits per heavy atom. The highest BCUT2D eigenvalue weighted by Gasteiger charge is 2.46. The van der Waals surface area contributed by atoms with Crippen LogP contribution < -0.4 is 5.32 Å². The summed E-state index contributed by atoms with van der Waals surface area (Å²) in [6, 6.07) is 0. The van der Waals surface area contributed by atoms with E-state index in [1.165, 1.54) is 31.2 Å². The van der Waals surface area contributed by atoms with Gasteiger partial charge in [0.05, 0.1) is 0 Å². The summed E-state index contributed by atoms with van der Waals surface area (Å²) in [5, 5.41) is 10.5. The van der Waals surface area contributed by atoms with E-state index in [0.29, 0.717) is 5.41 Å². The van der Waals surface area contributed by atoms with Gasteiger partial charge in [0.2, 0.25) is 0 Å². The zero-order chi connectivity index (χ0) is 7.90. The Morgan fingerprint density at radius 2 is 2.36 bits per heavy atom. The lowest BCUT2D eigenvalue weighted by Crippen LogP contribution is -2.08. The van der Waals surface area contributed by atoms with Crippen LogP contribution in [0.3, 0.4) is 0 Å². The summed E-state index contributed by atoms with van der Waals surface area (Å²) >= 11 is 2.23. The molecule has 2 N–H and O–H groups in total. The van der Waals surface area contributed by atoms with Gasteiger partial charge in [0.15, 0.2) is 0 Å². The van der Waals surface area contributed by atoms with Crippen LogP contribution in [0.25, 0.3) is 0 Å². The van der Waals surface area contributed by atoms with Crippen molar-refractivity contribution < 1.29 is 0 Å². The minimum atomic E-state index is 0.620. The molecule has 0 unspecified atom stereocenters. The van der Waals surface area contributed by atoms with E-state index in [4.69, 9.17) is 5.41 Å². The number of allylic oxidation sites excluding steroid dienone is 2. The lowest BCUT2D eigenvalue weighted by atomic mass is 10.1. The molecule has 0 aromatic heterocycles. The molecule has 0 aromatic carbocycles. The van der Waals surface area contributed by atoms with Gasteiger partial charge in [0, 0.05) is 22.0 Å². The topological polar surface area (TPSA) is 35.9 Å². The lowest BCUT2D eigenvalue weighted by molar-refractivity contribution is 0.577. The molecule has 0 radical (unpaired) electrons. The van der Waals surface area contributed by atoms with Crippen molar-refractivity contribution in [3.8, 4) is 0 Å². The van der Waals surface area contributed by atoms with E-state index >= 15 is 0 Å². The highest BCUT2D eigenvalue weighted by molar-refractivity contribution is 14.1. The Kier molecular flexibility index (Phi) is 1.70. The van der Waals surface area contributed by atoms with Gasteiger partial charge < -0.3 is 10.7 Å². The molecule has 1 heterocycles. The fraction of sp³-hybridized carbons (Fsp3) is 0.625. The Morgan fingerprint density at radius 1 is 1.64 bits per heavy atom. The first kappa shape index (κ1) is 7.58. The van der Waals surface area contributed by atoms with Gasteiger partial charge in [-0.15, -0.1) is 0 Å². The van der Waals surface area contributed by atoms with Crippen molar-refractivity contribution in [2.45, 2.75) is 19.3 Å². The molecule has 0 aromatic rings. The number of nitrogens with one attached hydrogen (secondary N) is 2. The van der Waals surface area contributed by atoms with Crippen molar-refractivity contribution in [1.82, 2.24) is 5.32 Å². The van der Waals surface area contributed by atoms with E-state index in [-0.39, 0.29) is 0 Å². The molecule has 2 fully saturated rings. The molecule has 11 heavy (non-hydrogen) atoms. The third-order valence-electron chi connectivity index (χ3n) is 2.60. The summed E-state index contributed by atoms with van der Waals surface area (Å²) in [6.07, 6.45) is 5.38. The molecule has 1 aliphatic carbocycles. The second kappa shape index (κ2) is 2.47. The SMILES string of the molecule is N=C/C(I)=C1/CC2(CC2)CN1. The molecule has 2 rings (SSSR count). The van der Waals surface area contributed by atoms with Crippen LogP contribution in [0.15, 0.2) is 9.28 Å². The summed E-state index contributed by atoms with van der Waals surface area (Å²) in [5.41, 5.74) is 1.91. The molecular formula is C8H11IN2. The smallest absolute Gasteiger partial charge is 0.0495 e. The van der Waals surface area contributed by atoms with Gasteiger partial charge in [-0.3, -0.25) is 0 Å². The van der Waals surface area contributed by atoms with Crippen molar-refractivity contribution in [1.29, 1.82) is 5.41 Å². The summed E-state index contributed by atoms with van der Waals surface area (Å²) < 4.78 is 1.08. The highest BCUT2D eigenvalue weighted by Crippen LogP contribution is 2.53. The van der Waals surface area contributed by atoms with Crippen molar-refractivity contribution in [3.05, 3.63) is 9.28 Å². The van der Waals surface area contributed by atoms with Gasteiger partial charge in [-0.05, 0) is 47.3 Å². The average Bonchev–Trinajstić information content (AvgIpc) is 2.61. The molecule has 0 bridgehead atoms. The van der Waals surface area contributed by atoms with Gasteiger partial charge in [0.1, 0.15) is 0 Å². The molecule has 2 aliphatic rings. The number of hydrogen-bond acceptors (Lipinski definition) is 2. The van der Waals surface area contributed by atoms with Crippen LogP contribution in [0.1, 0.15) is 19.3 Å². The fourth-order valence-corrected chi connectivity index (χ4v) is 1.96. The molecule has 3 heteroatoms. The minimum Gasteiger partial charge on any atom is -0.387 e. The Labute approximate surface area is 80.1 Å². The van der Waals surface area contributed by atoms with Crippen molar-refractivity contribution in [2.75, 3.05) is 6.54 Å². The van der Waals surface area contributed by atoms with Crippen LogP contribution in [-0.4, -0.2) is 12.8 Å². The third-order valence-corrected chi connectivity index (χ3v) is 3.56. The van der Waals surface area contributed by atoms with Gasteiger partial charge in [0.25, 0.3) is 0 Å². The normalized spacial score (nSPS) is 29.9. The van der Waals surface area contributed by atoms with Gasteiger partial charge >= 0.3 is 0 Å². The predicted molar refractivity (Wildman–Crippen MR) is 54.1 cm³/mol. The largest absolute Gasteiger partial charge is 0.387 e. The van der Waals surface area contributed by atoms with E-state index in [1.807, 2.05) is 0 Å². The fourth-order valence-electron chi connectivity index (χ4n) is 1.58. The minimum absolute atomic E-state index is 0.620. The lowest BCUT2D eigenvalue weighted by Gasteiger charge is -1.98. The van der Waals surface area contributed by atoms with Crippen LogP contribution in [0, 0.1) is 10.8 Å². The molecule has 2 nitrogen and oxygen atoms in total. The number of rotatable bonds is 1. The Bertz CT molecular complexity index is 228. The third kappa shape index (κ3) is 1.30. The van der Waals surface area contributed by atoms with Crippen LogP contribution in [0.5, 0.6) is 0 Å². The van der Waals surface area contributed by atoms with E-state index in [2.05, 4.69) is 27.9 Å². The van der Waals surface area contributed by atoms with Crippen LogP contribution in [0.2, 0.25) is 0 Å². The Balaban J connectivity index is 2.14. The monoisotopic (exact) mass is 262 g/mol. The molecule has 1 aliphatic heterocycles. The first-order valence-corrected chi connectivity index (χ1v) is 4.97. The van der Waals surface area contributed by atoms with Crippen LogP contribution in [-0.2, 0) is 0 Å². The van der Waals surface area contributed by atoms with E-state index in [1.54, 1.807) is 0 Å². The Hall–Kier alpha value is -0.0600. The van der Waals surface area contributed by atoms with E-state index in [9.17, 15) is 0 Å².